The Morgan fingerprint density at radius 1 is 1.05 bits per heavy atom. The van der Waals surface area contributed by atoms with E-state index in [1.54, 1.807) is 0 Å². The van der Waals surface area contributed by atoms with Crippen LogP contribution >= 0.6 is 0 Å². The Hall–Kier alpha value is -2.20. The SMILES string of the molecule is C[n+]1ccc(/C=N/N(CCCCCN)c2ccccc2)cc1. The van der Waals surface area contributed by atoms with Crippen LogP contribution in [0.15, 0.2) is 60.0 Å². The van der Waals surface area contributed by atoms with Gasteiger partial charge in [-0.25, -0.2) is 4.57 Å². The van der Waals surface area contributed by atoms with Gasteiger partial charge in [0.2, 0.25) is 0 Å². The summed E-state index contributed by atoms with van der Waals surface area (Å²) in [6.45, 7) is 1.66. The summed E-state index contributed by atoms with van der Waals surface area (Å²) in [7, 11) is 2.01. The average molecular weight is 297 g/mol. The van der Waals surface area contributed by atoms with Gasteiger partial charge in [0, 0.05) is 24.2 Å². The molecule has 4 nitrogen and oxygen atoms in total. The van der Waals surface area contributed by atoms with Crippen LogP contribution in [0.1, 0.15) is 24.8 Å². The zero-order chi connectivity index (χ0) is 15.6. The molecule has 0 atom stereocenters. The molecule has 1 aromatic heterocycles. The Morgan fingerprint density at radius 3 is 2.45 bits per heavy atom. The fourth-order valence-corrected chi connectivity index (χ4v) is 2.17. The number of pyridine rings is 1. The monoisotopic (exact) mass is 297 g/mol. The summed E-state index contributed by atoms with van der Waals surface area (Å²) in [6.07, 6.45) is 9.26. The Balaban J connectivity index is 2.05. The Morgan fingerprint density at radius 2 is 1.77 bits per heavy atom. The molecule has 0 aliphatic rings. The van der Waals surface area contributed by atoms with Crippen LogP contribution in [0.25, 0.3) is 0 Å². The van der Waals surface area contributed by atoms with Gasteiger partial charge in [0.1, 0.15) is 7.05 Å². The van der Waals surface area contributed by atoms with Crippen molar-refractivity contribution in [2.24, 2.45) is 17.9 Å². The molecular formula is C18H25N4+. The first-order valence-electron chi connectivity index (χ1n) is 7.81. The molecule has 0 aliphatic carbocycles. The average Bonchev–Trinajstić information content (AvgIpc) is 2.56. The maximum Gasteiger partial charge on any atom is 0.169 e. The highest BCUT2D eigenvalue weighted by Crippen LogP contribution is 2.14. The van der Waals surface area contributed by atoms with Crippen LogP contribution in [-0.4, -0.2) is 19.3 Å². The fourth-order valence-electron chi connectivity index (χ4n) is 2.17. The zero-order valence-electron chi connectivity index (χ0n) is 13.2. The number of rotatable bonds is 8. The van der Waals surface area contributed by atoms with Crippen LogP contribution < -0.4 is 15.3 Å². The highest BCUT2D eigenvalue weighted by molar-refractivity contribution is 5.79. The molecule has 0 radical (unpaired) electrons. The first-order chi connectivity index (χ1) is 10.8. The summed E-state index contributed by atoms with van der Waals surface area (Å²) in [5.41, 5.74) is 7.77. The van der Waals surface area contributed by atoms with E-state index in [4.69, 9.17) is 5.73 Å². The number of unbranched alkanes of at least 4 members (excludes halogenated alkanes) is 2. The van der Waals surface area contributed by atoms with E-state index >= 15 is 0 Å². The van der Waals surface area contributed by atoms with Crippen molar-refractivity contribution in [3.8, 4) is 0 Å². The number of nitrogens with zero attached hydrogens (tertiary/aromatic N) is 3. The summed E-state index contributed by atoms with van der Waals surface area (Å²) in [5.74, 6) is 0. The number of nitrogens with two attached hydrogens (primary N) is 1. The predicted molar refractivity (Wildman–Crippen MR) is 91.9 cm³/mol. The maximum atomic E-state index is 5.56. The molecule has 2 N–H and O–H groups in total. The van der Waals surface area contributed by atoms with Crippen molar-refractivity contribution >= 4 is 11.9 Å². The smallest absolute Gasteiger partial charge is 0.169 e. The van der Waals surface area contributed by atoms with Crippen molar-refractivity contribution in [3.63, 3.8) is 0 Å². The minimum atomic E-state index is 0.760. The summed E-state index contributed by atoms with van der Waals surface area (Å²) in [6, 6.07) is 14.4. The van der Waals surface area contributed by atoms with E-state index < -0.39 is 0 Å². The lowest BCUT2D eigenvalue weighted by Crippen LogP contribution is -2.26. The van der Waals surface area contributed by atoms with E-state index in [0.717, 1.165) is 43.6 Å². The molecule has 0 spiro atoms. The van der Waals surface area contributed by atoms with Gasteiger partial charge >= 0.3 is 0 Å². The Labute approximate surface area is 132 Å². The van der Waals surface area contributed by atoms with Crippen LogP contribution in [0, 0.1) is 0 Å². The summed E-state index contributed by atoms with van der Waals surface area (Å²) in [5, 5.41) is 6.72. The molecule has 0 amide bonds. The van der Waals surface area contributed by atoms with Crippen LogP contribution in [0.5, 0.6) is 0 Å². The molecule has 0 saturated carbocycles. The summed E-state index contributed by atoms with van der Waals surface area (Å²) < 4.78 is 2.01. The second-order valence-electron chi connectivity index (χ2n) is 5.35. The number of anilines is 1. The zero-order valence-corrected chi connectivity index (χ0v) is 13.2. The minimum absolute atomic E-state index is 0.760. The predicted octanol–water partition coefficient (Wildman–Crippen LogP) is 2.48. The minimum Gasteiger partial charge on any atom is -0.330 e. The van der Waals surface area contributed by atoms with Crippen LogP contribution in [0.4, 0.5) is 5.69 Å². The van der Waals surface area contributed by atoms with E-state index in [0.29, 0.717) is 0 Å². The standard InChI is InChI=1S/C18H25N4/c1-21-14-10-17(11-15-21)16-20-22(13-7-3-6-12-19)18-8-4-2-5-9-18/h2,4-5,8-11,14-16H,3,6-7,12-13,19H2,1H3/q+1. The van der Waals surface area contributed by atoms with Gasteiger partial charge in [0.15, 0.2) is 12.4 Å². The quantitative estimate of drug-likeness (QED) is 0.352. The maximum absolute atomic E-state index is 5.56. The molecular weight excluding hydrogens is 272 g/mol. The molecule has 0 fully saturated rings. The van der Waals surface area contributed by atoms with Crippen molar-refractivity contribution < 1.29 is 4.57 Å². The number of benzene rings is 1. The molecule has 1 aromatic carbocycles. The number of aromatic nitrogens is 1. The second-order valence-corrected chi connectivity index (χ2v) is 5.35. The van der Waals surface area contributed by atoms with Gasteiger partial charge in [-0.2, -0.15) is 5.10 Å². The van der Waals surface area contributed by atoms with Crippen molar-refractivity contribution in [2.45, 2.75) is 19.3 Å². The van der Waals surface area contributed by atoms with Gasteiger partial charge in [-0.05, 0) is 31.5 Å². The fraction of sp³-hybridized carbons (Fsp3) is 0.333. The third-order valence-corrected chi connectivity index (χ3v) is 3.48. The van der Waals surface area contributed by atoms with Gasteiger partial charge in [-0.1, -0.05) is 24.6 Å². The Kier molecular flexibility index (Phi) is 6.58. The lowest BCUT2D eigenvalue weighted by Gasteiger charge is -2.19. The van der Waals surface area contributed by atoms with E-state index in [1.807, 2.05) is 48.4 Å². The molecule has 0 bridgehead atoms. The van der Waals surface area contributed by atoms with Gasteiger partial charge < -0.3 is 5.73 Å². The number of para-hydroxylation sites is 1. The number of hydrogen-bond acceptors (Lipinski definition) is 3. The van der Waals surface area contributed by atoms with Gasteiger partial charge in [0.25, 0.3) is 0 Å². The molecule has 2 aromatic rings. The van der Waals surface area contributed by atoms with E-state index in [1.165, 1.54) is 0 Å². The van der Waals surface area contributed by atoms with Crippen molar-refractivity contribution in [2.75, 3.05) is 18.1 Å². The molecule has 4 heteroatoms. The molecule has 0 aliphatic heterocycles. The van der Waals surface area contributed by atoms with Gasteiger partial charge in [0.05, 0.1) is 11.9 Å². The molecule has 0 saturated heterocycles. The highest BCUT2D eigenvalue weighted by Gasteiger charge is 2.03. The van der Waals surface area contributed by atoms with Gasteiger partial charge in [-0.3, -0.25) is 5.01 Å². The van der Waals surface area contributed by atoms with Gasteiger partial charge in [-0.15, -0.1) is 0 Å². The third kappa shape index (κ3) is 5.30. The lowest BCUT2D eigenvalue weighted by atomic mass is 10.2. The second kappa shape index (κ2) is 8.95. The molecule has 2 rings (SSSR count). The molecule has 1 heterocycles. The third-order valence-electron chi connectivity index (χ3n) is 3.48. The van der Waals surface area contributed by atoms with Crippen molar-refractivity contribution in [1.29, 1.82) is 0 Å². The first kappa shape index (κ1) is 16.2. The van der Waals surface area contributed by atoms with Crippen LogP contribution in [-0.2, 0) is 7.05 Å². The molecule has 116 valence electrons. The van der Waals surface area contributed by atoms with Crippen molar-refractivity contribution in [3.05, 3.63) is 60.4 Å². The summed E-state index contributed by atoms with van der Waals surface area (Å²) in [4.78, 5) is 0. The topological polar surface area (TPSA) is 45.5 Å². The van der Waals surface area contributed by atoms with Crippen molar-refractivity contribution in [1.82, 2.24) is 0 Å². The highest BCUT2D eigenvalue weighted by atomic mass is 15.4. The van der Waals surface area contributed by atoms with E-state index in [9.17, 15) is 0 Å². The van der Waals surface area contributed by atoms with E-state index in [2.05, 4.69) is 34.4 Å². The number of aryl methyl sites for hydroxylation is 1. The normalized spacial score (nSPS) is 11.0. The van der Waals surface area contributed by atoms with Crippen LogP contribution in [0.3, 0.4) is 0 Å². The largest absolute Gasteiger partial charge is 0.330 e. The number of hydrazone groups is 1. The molecule has 0 unspecified atom stereocenters. The Bertz CT molecular complexity index is 563. The first-order valence-corrected chi connectivity index (χ1v) is 7.81. The van der Waals surface area contributed by atoms with Crippen LogP contribution in [0.2, 0.25) is 0 Å². The summed E-state index contributed by atoms with van der Waals surface area (Å²) >= 11 is 0. The van der Waals surface area contributed by atoms with E-state index in [-0.39, 0.29) is 0 Å². The molecule has 22 heavy (non-hydrogen) atoms. The number of hydrogen-bond donors (Lipinski definition) is 1. The lowest BCUT2D eigenvalue weighted by molar-refractivity contribution is -0.671.